The predicted molar refractivity (Wildman–Crippen MR) is 85.7 cm³/mol. The molecule has 0 atom stereocenters. The number of halogens is 2. The molecule has 0 aliphatic carbocycles. The number of hydrogen-bond donors (Lipinski definition) is 3. The van der Waals surface area contributed by atoms with Crippen molar-refractivity contribution in [1.29, 1.82) is 0 Å². The zero-order chi connectivity index (χ0) is 14.1. The van der Waals surface area contributed by atoms with Crippen molar-refractivity contribution in [1.82, 2.24) is 10.6 Å². The van der Waals surface area contributed by atoms with E-state index in [2.05, 4.69) is 10.6 Å². The van der Waals surface area contributed by atoms with Crippen molar-refractivity contribution in [2.75, 3.05) is 25.4 Å². The lowest BCUT2D eigenvalue weighted by Crippen LogP contribution is -2.42. The van der Waals surface area contributed by atoms with E-state index < -0.39 is 0 Å². The fraction of sp³-hybridized carbons (Fsp3) is 0.500. The van der Waals surface area contributed by atoms with Crippen LogP contribution in [0.25, 0.3) is 0 Å². The van der Waals surface area contributed by atoms with E-state index in [1.807, 2.05) is 0 Å². The lowest BCUT2D eigenvalue weighted by atomic mass is 10.0. The number of anilines is 1. The van der Waals surface area contributed by atoms with Gasteiger partial charge in [0.1, 0.15) is 5.75 Å². The molecule has 0 aromatic heterocycles. The van der Waals surface area contributed by atoms with Gasteiger partial charge in [-0.1, -0.05) is 11.6 Å². The van der Waals surface area contributed by atoms with Crippen LogP contribution in [0.4, 0.5) is 5.69 Å². The Morgan fingerprint density at radius 2 is 2.14 bits per heavy atom. The Hall–Kier alpha value is -1.17. The van der Waals surface area contributed by atoms with Gasteiger partial charge in [0.25, 0.3) is 5.91 Å². The standard InChI is InChI=1S/C14H18ClN3O2.ClH/c15-11-7-10(13-9(12(11)16)3-6-20-13)14(19)18-8-1-4-17-5-2-8;/h7-8,17H,1-6,16H2,(H,18,19);1H. The van der Waals surface area contributed by atoms with Gasteiger partial charge >= 0.3 is 0 Å². The van der Waals surface area contributed by atoms with E-state index in [1.54, 1.807) is 6.07 Å². The van der Waals surface area contributed by atoms with E-state index in [0.717, 1.165) is 31.5 Å². The summed E-state index contributed by atoms with van der Waals surface area (Å²) < 4.78 is 5.56. The van der Waals surface area contributed by atoms with Gasteiger partial charge in [-0.15, -0.1) is 12.4 Å². The Bertz CT molecular complexity index is 546. The molecule has 0 bridgehead atoms. The molecule has 0 spiro atoms. The highest BCUT2D eigenvalue weighted by atomic mass is 35.5. The minimum absolute atomic E-state index is 0. The molecule has 3 rings (SSSR count). The molecular weight excluding hydrogens is 313 g/mol. The van der Waals surface area contributed by atoms with Crippen LogP contribution in [0.5, 0.6) is 5.75 Å². The highest BCUT2D eigenvalue weighted by Crippen LogP contribution is 2.38. The van der Waals surface area contributed by atoms with Crippen LogP contribution in [0, 0.1) is 0 Å². The number of amides is 1. The van der Waals surface area contributed by atoms with Crippen LogP contribution in [0.1, 0.15) is 28.8 Å². The quantitative estimate of drug-likeness (QED) is 0.722. The predicted octanol–water partition coefficient (Wildman–Crippen LogP) is 1.76. The fourth-order valence-electron chi connectivity index (χ4n) is 2.77. The maximum atomic E-state index is 12.4. The molecule has 1 aromatic carbocycles. The maximum Gasteiger partial charge on any atom is 0.255 e. The van der Waals surface area contributed by atoms with Crippen LogP contribution in [0.15, 0.2) is 6.07 Å². The van der Waals surface area contributed by atoms with Crippen molar-refractivity contribution in [3.05, 3.63) is 22.2 Å². The summed E-state index contributed by atoms with van der Waals surface area (Å²) in [7, 11) is 0. The minimum Gasteiger partial charge on any atom is -0.492 e. The van der Waals surface area contributed by atoms with Gasteiger partial charge in [0.05, 0.1) is 22.9 Å². The topological polar surface area (TPSA) is 76.4 Å². The van der Waals surface area contributed by atoms with Gasteiger partial charge in [0.15, 0.2) is 0 Å². The number of carbonyl (C=O) groups is 1. The molecule has 21 heavy (non-hydrogen) atoms. The minimum atomic E-state index is -0.128. The SMILES string of the molecule is Cl.Nc1c(Cl)cc(C(=O)NC2CCNCC2)c2c1CCO2. The maximum absolute atomic E-state index is 12.4. The molecule has 2 aliphatic rings. The third-order valence-corrected chi connectivity index (χ3v) is 4.20. The first kappa shape index (κ1) is 16.2. The monoisotopic (exact) mass is 331 g/mol. The Morgan fingerprint density at radius 3 is 2.86 bits per heavy atom. The number of ether oxygens (including phenoxy) is 1. The molecule has 4 N–H and O–H groups in total. The van der Waals surface area contributed by atoms with Crippen LogP contribution in [-0.4, -0.2) is 31.6 Å². The lowest BCUT2D eigenvalue weighted by Gasteiger charge is -2.24. The molecule has 1 amide bonds. The second-order valence-corrected chi connectivity index (χ2v) is 5.63. The molecular formula is C14H19Cl2N3O2. The summed E-state index contributed by atoms with van der Waals surface area (Å²) in [5, 5.41) is 6.75. The summed E-state index contributed by atoms with van der Waals surface area (Å²) in [4.78, 5) is 12.4. The molecule has 1 fully saturated rings. The summed E-state index contributed by atoms with van der Waals surface area (Å²) in [6.07, 6.45) is 2.59. The van der Waals surface area contributed by atoms with E-state index in [0.29, 0.717) is 35.1 Å². The van der Waals surface area contributed by atoms with E-state index >= 15 is 0 Å². The number of rotatable bonds is 2. The van der Waals surface area contributed by atoms with Crippen molar-refractivity contribution in [2.24, 2.45) is 0 Å². The smallest absolute Gasteiger partial charge is 0.255 e. The number of carbonyl (C=O) groups excluding carboxylic acids is 1. The molecule has 1 saturated heterocycles. The van der Waals surface area contributed by atoms with Gasteiger partial charge in [-0.2, -0.15) is 0 Å². The normalized spacial score (nSPS) is 17.6. The van der Waals surface area contributed by atoms with Crippen molar-refractivity contribution in [3.8, 4) is 5.75 Å². The summed E-state index contributed by atoms with van der Waals surface area (Å²) in [6, 6.07) is 1.81. The largest absolute Gasteiger partial charge is 0.492 e. The molecule has 1 aromatic rings. The first-order valence-corrected chi connectivity index (χ1v) is 7.30. The third-order valence-electron chi connectivity index (χ3n) is 3.89. The van der Waals surface area contributed by atoms with Crippen LogP contribution >= 0.6 is 24.0 Å². The summed E-state index contributed by atoms with van der Waals surface area (Å²) in [5.41, 5.74) is 7.81. The van der Waals surface area contributed by atoms with E-state index in [1.165, 1.54) is 0 Å². The van der Waals surface area contributed by atoms with Crippen LogP contribution in [-0.2, 0) is 6.42 Å². The van der Waals surface area contributed by atoms with Gasteiger partial charge in [0.2, 0.25) is 0 Å². The number of benzene rings is 1. The van der Waals surface area contributed by atoms with Gasteiger partial charge in [-0.3, -0.25) is 4.79 Å². The van der Waals surface area contributed by atoms with E-state index in [-0.39, 0.29) is 24.4 Å². The van der Waals surface area contributed by atoms with Gasteiger partial charge in [0, 0.05) is 18.0 Å². The molecule has 5 nitrogen and oxygen atoms in total. The molecule has 0 unspecified atom stereocenters. The molecule has 116 valence electrons. The van der Waals surface area contributed by atoms with Crippen molar-refractivity contribution >= 4 is 35.6 Å². The van der Waals surface area contributed by atoms with Crippen molar-refractivity contribution in [3.63, 3.8) is 0 Å². The van der Waals surface area contributed by atoms with Crippen LogP contribution in [0.2, 0.25) is 5.02 Å². The second-order valence-electron chi connectivity index (χ2n) is 5.22. The number of nitrogen functional groups attached to an aromatic ring is 1. The Kier molecular flexibility index (Phi) is 5.19. The molecule has 2 aliphatic heterocycles. The van der Waals surface area contributed by atoms with Gasteiger partial charge in [-0.25, -0.2) is 0 Å². The van der Waals surface area contributed by atoms with Gasteiger partial charge < -0.3 is 21.1 Å². The highest BCUT2D eigenvalue weighted by molar-refractivity contribution is 6.33. The number of nitrogens with two attached hydrogens (primary N) is 1. The third kappa shape index (κ3) is 3.20. The van der Waals surface area contributed by atoms with Crippen LogP contribution in [0.3, 0.4) is 0 Å². The lowest BCUT2D eigenvalue weighted by molar-refractivity contribution is 0.0926. The second kappa shape index (κ2) is 6.73. The van der Waals surface area contributed by atoms with E-state index in [9.17, 15) is 4.79 Å². The number of nitrogens with one attached hydrogen (secondary N) is 2. The fourth-order valence-corrected chi connectivity index (χ4v) is 2.99. The summed E-state index contributed by atoms with van der Waals surface area (Å²) in [5.74, 6) is 0.468. The van der Waals surface area contributed by atoms with E-state index in [4.69, 9.17) is 22.1 Å². The van der Waals surface area contributed by atoms with Gasteiger partial charge in [-0.05, 0) is 32.0 Å². The Morgan fingerprint density at radius 1 is 1.43 bits per heavy atom. The average Bonchev–Trinajstić information content (AvgIpc) is 2.93. The first-order chi connectivity index (χ1) is 9.66. The number of hydrogen-bond acceptors (Lipinski definition) is 4. The molecule has 0 radical (unpaired) electrons. The van der Waals surface area contributed by atoms with Crippen LogP contribution < -0.4 is 21.1 Å². The summed E-state index contributed by atoms with van der Waals surface area (Å²) in [6.45, 7) is 2.41. The molecule has 0 saturated carbocycles. The molecule has 2 heterocycles. The zero-order valence-corrected chi connectivity index (χ0v) is 13.1. The Balaban J connectivity index is 0.00000161. The summed E-state index contributed by atoms with van der Waals surface area (Å²) >= 11 is 6.11. The van der Waals surface area contributed by atoms with Crippen molar-refractivity contribution in [2.45, 2.75) is 25.3 Å². The number of piperidine rings is 1. The number of fused-ring (bicyclic) bond motifs is 1. The van der Waals surface area contributed by atoms with Crippen molar-refractivity contribution < 1.29 is 9.53 Å². The highest BCUT2D eigenvalue weighted by Gasteiger charge is 2.26. The molecule has 7 heteroatoms. The first-order valence-electron chi connectivity index (χ1n) is 6.92. The average molecular weight is 332 g/mol. The zero-order valence-electron chi connectivity index (χ0n) is 11.6. The Labute approximate surface area is 135 Å².